The van der Waals surface area contributed by atoms with Crippen molar-refractivity contribution in [3.63, 3.8) is 0 Å². The average molecular weight is 123 g/mol. The number of amidine groups is 1. The van der Waals surface area contributed by atoms with Crippen LogP contribution in [0.3, 0.4) is 0 Å². The molecule has 0 atom stereocenters. The SMILES string of the molecule is N=C(N)c1nccnn1. The zero-order chi connectivity index (χ0) is 6.69. The fourth-order valence-electron chi connectivity index (χ4n) is 0.371. The summed E-state index contributed by atoms with van der Waals surface area (Å²) in [6, 6.07) is 0. The van der Waals surface area contributed by atoms with E-state index in [-0.39, 0.29) is 11.7 Å². The topological polar surface area (TPSA) is 88.5 Å². The maximum Gasteiger partial charge on any atom is 0.216 e. The van der Waals surface area contributed by atoms with Crippen molar-refractivity contribution in [2.75, 3.05) is 0 Å². The number of hydrogen-bond acceptors (Lipinski definition) is 4. The van der Waals surface area contributed by atoms with Crippen LogP contribution in [-0.2, 0) is 0 Å². The first-order valence-electron chi connectivity index (χ1n) is 2.29. The standard InChI is InChI=1S/C4H5N5/c5-3(6)4-7-1-2-8-9-4/h1-2H,(H3,5,6). The van der Waals surface area contributed by atoms with Crippen molar-refractivity contribution in [2.45, 2.75) is 0 Å². The summed E-state index contributed by atoms with van der Waals surface area (Å²) < 4.78 is 0. The lowest BCUT2D eigenvalue weighted by atomic mass is 10.6. The second kappa shape index (κ2) is 2.17. The van der Waals surface area contributed by atoms with Crippen LogP contribution in [-0.4, -0.2) is 21.0 Å². The lowest BCUT2D eigenvalue weighted by molar-refractivity contribution is 0.945. The molecule has 1 rings (SSSR count). The molecule has 0 aromatic carbocycles. The first kappa shape index (κ1) is 5.61. The van der Waals surface area contributed by atoms with Crippen LogP contribution in [0.25, 0.3) is 0 Å². The van der Waals surface area contributed by atoms with E-state index in [1.165, 1.54) is 12.4 Å². The molecule has 3 N–H and O–H groups in total. The molecule has 5 nitrogen and oxygen atoms in total. The molecular formula is C4H5N5. The Morgan fingerprint density at radius 3 is 2.67 bits per heavy atom. The van der Waals surface area contributed by atoms with E-state index < -0.39 is 0 Å². The molecule has 46 valence electrons. The highest BCUT2D eigenvalue weighted by molar-refractivity contribution is 5.90. The molecule has 5 heteroatoms. The summed E-state index contributed by atoms with van der Waals surface area (Å²) >= 11 is 0. The number of hydrogen-bond donors (Lipinski definition) is 2. The maximum atomic E-state index is 6.85. The summed E-state index contributed by atoms with van der Waals surface area (Å²) in [5.74, 6) is 0.000556. The minimum absolute atomic E-state index is 0.164. The van der Waals surface area contributed by atoms with Gasteiger partial charge in [-0.3, -0.25) is 5.41 Å². The Kier molecular flexibility index (Phi) is 1.35. The number of rotatable bonds is 1. The molecule has 0 aliphatic rings. The van der Waals surface area contributed by atoms with Gasteiger partial charge in [-0.25, -0.2) is 4.98 Å². The molecular weight excluding hydrogens is 118 g/mol. The van der Waals surface area contributed by atoms with E-state index in [4.69, 9.17) is 11.1 Å². The Morgan fingerprint density at radius 1 is 1.56 bits per heavy atom. The number of nitrogens with one attached hydrogen (secondary N) is 1. The number of aromatic nitrogens is 3. The Labute approximate surface area is 51.4 Å². The molecule has 1 aromatic heterocycles. The second-order valence-corrected chi connectivity index (χ2v) is 1.38. The highest BCUT2D eigenvalue weighted by Gasteiger charge is 1.95. The number of nitrogens with two attached hydrogens (primary N) is 1. The van der Waals surface area contributed by atoms with E-state index in [2.05, 4.69) is 15.2 Å². The molecule has 1 aromatic rings. The van der Waals surface area contributed by atoms with Gasteiger partial charge in [0.25, 0.3) is 0 Å². The van der Waals surface area contributed by atoms with Gasteiger partial charge in [-0.1, -0.05) is 0 Å². The highest BCUT2D eigenvalue weighted by atomic mass is 15.1. The van der Waals surface area contributed by atoms with E-state index in [9.17, 15) is 0 Å². The first-order valence-corrected chi connectivity index (χ1v) is 2.29. The van der Waals surface area contributed by atoms with E-state index in [1.807, 2.05) is 0 Å². The lowest BCUT2D eigenvalue weighted by Gasteiger charge is -1.89. The van der Waals surface area contributed by atoms with Crippen molar-refractivity contribution in [3.8, 4) is 0 Å². The quantitative estimate of drug-likeness (QED) is 0.376. The maximum absolute atomic E-state index is 6.85. The molecule has 0 bridgehead atoms. The lowest BCUT2D eigenvalue weighted by Crippen LogP contribution is -2.15. The van der Waals surface area contributed by atoms with Crippen molar-refractivity contribution in [2.24, 2.45) is 5.73 Å². The monoisotopic (exact) mass is 123 g/mol. The van der Waals surface area contributed by atoms with Crippen molar-refractivity contribution < 1.29 is 0 Å². The highest BCUT2D eigenvalue weighted by Crippen LogP contribution is 1.78. The van der Waals surface area contributed by atoms with Crippen molar-refractivity contribution in [1.82, 2.24) is 15.2 Å². The molecule has 0 saturated carbocycles. The van der Waals surface area contributed by atoms with Crippen LogP contribution in [0, 0.1) is 5.41 Å². The molecule has 0 fully saturated rings. The summed E-state index contributed by atoms with van der Waals surface area (Å²) in [7, 11) is 0. The van der Waals surface area contributed by atoms with Crippen LogP contribution in [0.1, 0.15) is 5.82 Å². The van der Waals surface area contributed by atoms with Crippen LogP contribution < -0.4 is 5.73 Å². The van der Waals surface area contributed by atoms with Gasteiger partial charge >= 0.3 is 0 Å². The Balaban J connectivity index is 2.98. The fourth-order valence-corrected chi connectivity index (χ4v) is 0.371. The third kappa shape index (κ3) is 1.18. The Morgan fingerprint density at radius 2 is 2.33 bits per heavy atom. The predicted octanol–water partition coefficient (Wildman–Crippen LogP) is -0.844. The van der Waals surface area contributed by atoms with Crippen molar-refractivity contribution in [3.05, 3.63) is 18.2 Å². The van der Waals surface area contributed by atoms with Crippen LogP contribution in [0.15, 0.2) is 12.4 Å². The minimum atomic E-state index is -0.164. The molecule has 0 amide bonds. The summed E-state index contributed by atoms with van der Waals surface area (Å²) in [5.41, 5.74) is 5.03. The Hall–Kier alpha value is -1.52. The van der Waals surface area contributed by atoms with Gasteiger partial charge in [0.1, 0.15) is 0 Å². The smallest absolute Gasteiger partial charge is 0.216 e. The summed E-state index contributed by atoms with van der Waals surface area (Å²) in [5, 5.41) is 13.8. The van der Waals surface area contributed by atoms with Gasteiger partial charge in [0.15, 0.2) is 5.84 Å². The molecule has 0 spiro atoms. The van der Waals surface area contributed by atoms with Crippen molar-refractivity contribution >= 4 is 5.84 Å². The van der Waals surface area contributed by atoms with Gasteiger partial charge in [0.2, 0.25) is 5.82 Å². The van der Waals surface area contributed by atoms with E-state index in [0.29, 0.717) is 0 Å². The zero-order valence-corrected chi connectivity index (χ0v) is 4.57. The van der Waals surface area contributed by atoms with E-state index >= 15 is 0 Å². The van der Waals surface area contributed by atoms with Gasteiger partial charge in [0.05, 0.1) is 6.20 Å². The fraction of sp³-hybridized carbons (Fsp3) is 0. The van der Waals surface area contributed by atoms with E-state index in [0.717, 1.165) is 0 Å². The second-order valence-electron chi connectivity index (χ2n) is 1.38. The third-order valence-corrected chi connectivity index (χ3v) is 0.724. The van der Waals surface area contributed by atoms with Crippen molar-refractivity contribution in [1.29, 1.82) is 5.41 Å². The average Bonchev–Trinajstić information content (AvgIpc) is 1.90. The van der Waals surface area contributed by atoms with Gasteiger partial charge in [0, 0.05) is 6.20 Å². The van der Waals surface area contributed by atoms with E-state index in [1.54, 1.807) is 0 Å². The molecule has 0 saturated heterocycles. The van der Waals surface area contributed by atoms with Gasteiger partial charge in [-0.15, -0.1) is 5.10 Å². The van der Waals surface area contributed by atoms with Crippen LogP contribution in [0.5, 0.6) is 0 Å². The molecule has 9 heavy (non-hydrogen) atoms. The summed E-state index contributed by atoms with van der Waals surface area (Å²) in [4.78, 5) is 3.66. The number of nitrogens with zero attached hydrogens (tertiary/aromatic N) is 3. The molecule has 0 aliphatic carbocycles. The summed E-state index contributed by atoms with van der Waals surface area (Å²) in [6.45, 7) is 0. The minimum Gasteiger partial charge on any atom is -0.381 e. The molecule has 0 unspecified atom stereocenters. The summed E-state index contributed by atoms with van der Waals surface area (Å²) in [6.07, 6.45) is 2.86. The van der Waals surface area contributed by atoms with Gasteiger partial charge in [-0.2, -0.15) is 5.10 Å². The molecule has 1 heterocycles. The first-order chi connectivity index (χ1) is 4.30. The number of nitrogen functional groups attached to an aromatic ring is 1. The molecule has 0 radical (unpaired) electrons. The van der Waals surface area contributed by atoms with Gasteiger partial charge < -0.3 is 5.73 Å². The molecule has 0 aliphatic heterocycles. The van der Waals surface area contributed by atoms with Crippen LogP contribution in [0.2, 0.25) is 0 Å². The largest absolute Gasteiger partial charge is 0.381 e. The predicted molar refractivity (Wildman–Crippen MR) is 30.8 cm³/mol. The Bertz CT molecular complexity index is 205. The van der Waals surface area contributed by atoms with Crippen LogP contribution in [0.4, 0.5) is 0 Å². The van der Waals surface area contributed by atoms with Gasteiger partial charge in [-0.05, 0) is 0 Å². The zero-order valence-electron chi connectivity index (χ0n) is 4.57. The van der Waals surface area contributed by atoms with Crippen LogP contribution >= 0.6 is 0 Å². The normalized spacial score (nSPS) is 8.89. The third-order valence-electron chi connectivity index (χ3n) is 0.724.